The fraction of sp³-hybridized carbons (Fsp3) is 0.919. The maximum absolute atomic E-state index is 11.7. The average Bonchev–Trinajstić information content (AvgIpc) is 3.60. The summed E-state index contributed by atoms with van der Waals surface area (Å²) in [6.07, 6.45) is 25.6. The Morgan fingerprint density at radius 1 is 0.705 bits per heavy atom. The number of unbranched alkanes of at least 4 members (excludes halogenated alkanes) is 15. The first-order chi connectivity index (χ1) is 21.3. The lowest BCUT2D eigenvalue weighted by Gasteiger charge is -2.20. The van der Waals surface area contributed by atoms with Gasteiger partial charge in [0.05, 0.1) is 36.6 Å². The molecule has 7 atom stereocenters. The van der Waals surface area contributed by atoms with E-state index >= 15 is 0 Å². The third-order valence-electron chi connectivity index (χ3n) is 9.64. The minimum absolute atomic E-state index is 0.0201. The monoisotopic (exact) mass is 624 g/mol. The van der Waals surface area contributed by atoms with Crippen LogP contribution in [0.2, 0.25) is 0 Å². The molecule has 44 heavy (non-hydrogen) atoms. The van der Waals surface area contributed by atoms with Crippen molar-refractivity contribution in [3.63, 3.8) is 0 Å². The van der Waals surface area contributed by atoms with Gasteiger partial charge in [0.25, 0.3) is 0 Å². The van der Waals surface area contributed by atoms with Gasteiger partial charge in [0, 0.05) is 12.0 Å². The Labute approximate surface area is 269 Å². The van der Waals surface area contributed by atoms with E-state index < -0.39 is 18.3 Å². The molecule has 2 rings (SSSR count). The summed E-state index contributed by atoms with van der Waals surface area (Å²) >= 11 is 0. The lowest BCUT2D eigenvalue weighted by atomic mass is 9.97. The number of hydrogen-bond donors (Lipinski definition) is 4. The highest BCUT2D eigenvalue weighted by Crippen LogP contribution is 2.28. The van der Waals surface area contributed by atoms with Gasteiger partial charge < -0.3 is 29.9 Å². The molecule has 1 saturated heterocycles. The molecule has 0 spiro atoms. The second kappa shape index (κ2) is 24.2. The molecule has 0 aromatic carbocycles. The number of esters is 1. The maximum atomic E-state index is 11.7. The Morgan fingerprint density at radius 3 is 1.84 bits per heavy atom. The van der Waals surface area contributed by atoms with Crippen LogP contribution in [0.25, 0.3) is 0 Å². The van der Waals surface area contributed by atoms with Crippen molar-refractivity contribution in [1.29, 1.82) is 0 Å². The normalized spacial score (nSPS) is 23.0. The zero-order valence-electron chi connectivity index (χ0n) is 28.3. The first-order valence-corrected chi connectivity index (χ1v) is 18.6. The molecule has 7 nitrogen and oxygen atoms in total. The molecular weight excluding hydrogens is 556 g/mol. The second-order valence-electron chi connectivity index (χ2n) is 13.8. The Morgan fingerprint density at radius 2 is 1.25 bits per heavy atom. The van der Waals surface area contributed by atoms with Crippen LogP contribution in [0.15, 0.2) is 11.6 Å². The standard InChI is InChI=1S/C37H68O7/c1-3-4-5-6-7-8-9-10-11-12-13-14-15-18-22-35(41)36-26-24-32(44-36)20-17-16-19-21-33(39)34(40)25-23-31(38)28-30-27-29(2)43-37(30)42/h27,29,31-36,38-41H,3-26,28H2,1-2H3/t29-,31+,32+,33+,34+,35-,36-/m0/s1. The fourth-order valence-corrected chi connectivity index (χ4v) is 6.75. The first-order valence-electron chi connectivity index (χ1n) is 18.6. The van der Waals surface area contributed by atoms with Crippen molar-refractivity contribution in [1.82, 2.24) is 0 Å². The number of carbonyl (C=O) groups is 1. The van der Waals surface area contributed by atoms with Crippen LogP contribution < -0.4 is 0 Å². The summed E-state index contributed by atoms with van der Waals surface area (Å²) < 4.78 is 11.2. The Balaban J connectivity index is 1.39. The van der Waals surface area contributed by atoms with Crippen molar-refractivity contribution in [2.75, 3.05) is 0 Å². The SMILES string of the molecule is CCCCCCCCCCCCCCCC[C@H](O)[C@@H]1CC[C@@H](CCCCC[C@@H](O)[C@H](O)CC[C@@H](O)CC2=C[C@H](C)OC2=O)O1. The van der Waals surface area contributed by atoms with Crippen LogP contribution in [-0.2, 0) is 14.3 Å². The summed E-state index contributed by atoms with van der Waals surface area (Å²) in [5.74, 6) is -0.382. The molecule has 0 unspecified atom stereocenters. The van der Waals surface area contributed by atoms with E-state index in [-0.39, 0.29) is 36.8 Å². The number of cyclic esters (lactones) is 1. The van der Waals surface area contributed by atoms with Crippen LogP contribution in [0, 0.1) is 0 Å². The fourth-order valence-electron chi connectivity index (χ4n) is 6.75. The van der Waals surface area contributed by atoms with Gasteiger partial charge in [0.1, 0.15) is 6.10 Å². The van der Waals surface area contributed by atoms with Gasteiger partial charge in [-0.2, -0.15) is 0 Å². The van der Waals surface area contributed by atoms with Crippen LogP contribution in [0.4, 0.5) is 0 Å². The third kappa shape index (κ3) is 17.6. The molecule has 4 N–H and O–H groups in total. The molecule has 1 fully saturated rings. The molecular formula is C37H68O7. The van der Waals surface area contributed by atoms with Crippen LogP contribution in [0.1, 0.15) is 174 Å². The summed E-state index contributed by atoms with van der Waals surface area (Å²) in [4.78, 5) is 11.7. The van der Waals surface area contributed by atoms with Crippen LogP contribution in [-0.4, -0.2) is 69.1 Å². The zero-order chi connectivity index (χ0) is 32.0. The average molecular weight is 625 g/mol. The number of carbonyl (C=O) groups excluding carboxylic acids is 1. The van der Waals surface area contributed by atoms with Gasteiger partial charge in [-0.15, -0.1) is 0 Å². The number of ether oxygens (including phenoxy) is 2. The molecule has 258 valence electrons. The zero-order valence-corrected chi connectivity index (χ0v) is 28.3. The highest BCUT2D eigenvalue weighted by molar-refractivity contribution is 5.90. The highest BCUT2D eigenvalue weighted by Gasteiger charge is 2.30. The first kappa shape index (κ1) is 39.2. The van der Waals surface area contributed by atoms with Crippen LogP contribution in [0.3, 0.4) is 0 Å². The number of aliphatic hydroxyl groups excluding tert-OH is 4. The van der Waals surface area contributed by atoms with E-state index in [1.165, 1.54) is 83.5 Å². The molecule has 0 aromatic heterocycles. The van der Waals surface area contributed by atoms with Gasteiger partial charge in [-0.3, -0.25) is 0 Å². The Hall–Kier alpha value is -0.990. The Bertz CT molecular complexity index is 756. The number of aliphatic hydroxyl groups is 4. The summed E-state index contributed by atoms with van der Waals surface area (Å²) in [5, 5.41) is 41.5. The van der Waals surface area contributed by atoms with Gasteiger partial charge in [-0.1, -0.05) is 116 Å². The molecule has 2 aliphatic heterocycles. The molecule has 0 aromatic rings. The second-order valence-corrected chi connectivity index (χ2v) is 13.8. The molecule has 2 heterocycles. The minimum Gasteiger partial charge on any atom is -0.455 e. The van der Waals surface area contributed by atoms with E-state index in [4.69, 9.17) is 9.47 Å². The van der Waals surface area contributed by atoms with Crippen molar-refractivity contribution in [2.24, 2.45) is 0 Å². The third-order valence-corrected chi connectivity index (χ3v) is 9.64. The molecule has 0 bridgehead atoms. The van der Waals surface area contributed by atoms with Gasteiger partial charge >= 0.3 is 5.97 Å². The lowest BCUT2D eigenvalue weighted by Crippen LogP contribution is -2.27. The van der Waals surface area contributed by atoms with Gasteiger partial charge in [-0.05, 0) is 57.9 Å². The number of hydrogen-bond acceptors (Lipinski definition) is 7. The van der Waals surface area contributed by atoms with Crippen LogP contribution in [0.5, 0.6) is 0 Å². The Kier molecular flexibility index (Phi) is 21.6. The van der Waals surface area contributed by atoms with Crippen molar-refractivity contribution in [3.05, 3.63) is 11.6 Å². The van der Waals surface area contributed by atoms with E-state index in [0.29, 0.717) is 24.8 Å². The summed E-state index contributed by atoms with van der Waals surface area (Å²) in [6, 6.07) is 0. The van der Waals surface area contributed by atoms with E-state index in [9.17, 15) is 25.2 Å². The van der Waals surface area contributed by atoms with Gasteiger partial charge in [0.2, 0.25) is 0 Å². The lowest BCUT2D eigenvalue weighted by molar-refractivity contribution is -0.139. The predicted octanol–water partition coefficient (Wildman–Crippen LogP) is 7.84. The van der Waals surface area contributed by atoms with Crippen molar-refractivity contribution >= 4 is 5.97 Å². The van der Waals surface area contributed by atoms with E-state index in [1.54, 1.807) is 13.0 Å². The molecule has 0 amide bonds. The molecule has 2 aliphatic rings. The molecule has 0 aliphatic carbocycles. The van der Waals surface area contributed by atoms with Gasteiger partial charge in [0.15, 0.2) is 0 Å². The van der Waals surface area contributed by atoms with Crippen LogP contribution >= 0.6 is 0 Å². The van der Waals surface area contributed by atoms with Crippen molar-refractivity contribution < 1.29 is 34.7 Å². The highest BCUT2D eigenvalue weighted by atomic mass is 16.5. The summed E-state index contributed by atoms with van der Waals surface area (Å²) in [7, 11) is 0. The quantitative estimate of drug-likeness (QED) is 0.0518. The molecule has 7 heteroatoms. The predicted molar refractivity (Wildman–Crippen MR) is 177 cm³/mol. The molecule has 0 radical (unpaired) electrons. The van der Waals surface area contributed by atoms with Crippen molar-refractivity contribution in [3.8, 4) is 0 Å². The topological polar surface area (TPSA) is 116 Å². The van der Waals surface area contributed by atoms with Crippen molar-refractivity contribution in [2.45, 2.75) is 217 Å². The van der Waals surface area contributed by atoms with E-state index in [1.807, 2.05) is 0 Å². The van der Waals surface area contributed by atoms with E-state index in [0.717, 1.165) is 51.4 Å². The van der Waals surface area contributed by atoms with Gasteiger partial charge in [-0.25, -0.2) is 4.79 Å². The minimum atomic E-state index is -0.881. The van der Waals surface area contributed by atoms with E-state index in [2.05, 4.69) is 6.92 Å². The maximum Gasteiger partial charge on any atom is 0.334 e. The summed E-state index contributed by atoms with van der Waals surface area (Å²) in [5.41, 5.74) is 0.483. The summed E-state index contributed by atoms with van der Waals surface area (Å²) in [6.45, 7) is 4.05. The molecule has 0 saturated carbocycles. The largest absolute Gasteiger partial charge is 0.455 e. The number of rotatable bonds is 28. The smallest absolute Gasteiger partial charge is 0.334 e.